The van der Waals surface area contributed by atoms with Gasteiger partial charge in [0, 0.05) is 41.6 Å². The fraction of sp³-hybridized carbons (Fsp3) is 0.500. The van der Waals surface area contributed by atoms with Gasteiger partial charge in [-0.05, 0) is 25.0 Å². The maximum atomic E-state index is 12.5. The Hall–Kier alpha value is -2.83. The number of nitrogens with zero attached hydrogens (tertiary/aromatic N) is 1. The summed E-state index contributed by atoms with van der Waals surface area (Å²) in [6.45, 7) is 6.78. The quantitative estimate of drug-likeness (QED) is 0.578. The zero-order chi connectivity index (χ0) is 21.2. The molecule has 7 heteroatoms. The van der Waals surface area contributed by atoms with Gasteiger partial charge >= 0.3 is 11.6 Å². The third kappa shape index (κ3) is 4.78. The maximum absolute atomic E-state index is 12.5. The molecular formula is C22H27NO6. The van der Waals surface area contributed by atoms with E-state index in [2.05, 4.69) is 0 Å². The van der Waals surface area contributed by atoms with Crippen molar-refractivity contribution in [3.8, 4) is 5.75 Å². The molecule has 7 nitrogen and oxygen atoms in total. The third-order valence-corrected chi connectivity index (χ3v) is 5.16. The van der Waals surface area contributed by atoms with Gasteiger partial charge in [-0.25, -0.2) is 4.79 Å². The molecule has 1 aliphatic rings. The van der Waals surface area contributed by atoms with Crippen LogP contribution in [0.3, 0.4) is 0 Å². The molecule has 0 saturated carbocycles. The molecule has 0 spiro atoms. The number of carbonyl (C=O) groups is 2. The molecule has 3 rings (SSSR count). The molecule has 0 radical (unpaired) electrons. The van der Waals surface area contributed by atoms with Crippen LogP contribution in [0.1, 0.15) is 39.2 Å². The molecule has 1 amide bonds. The first-order chi connectivity index (χ1) is 13.7. The summed E-state index contributed by atoms with van der Waals surface area (Å²) in [6, 6.07) is 6.50. The summed E-state index contributed by atoms with van der Waals surface area (Å²) >= 11 is 0. The summed E-state index contributed by atoms with van der Waals surface area (Å²) in [7, 11) is 1.53. The average Bonchev–Trinajstić information content (AvgIpc) is 2.69. The molecular weight excluding hydrogens is 374 g/mol. The Morgan fingerprint density at radius 1 is 1.17 bits per heavy atom. The lowest BCUT2D eigenvalue weighted by Gasteiger charge is -2.34. The first kappa shape index (κ1) is 20.9. The second kappa shape index (κ2) is 8.27. The van der Waals surface area contributed by atoms with Crippen LogP contribution in [0.15, 0.2) is 33.5 Å². The minimum absolute atomic E-state index is 0.00556. The molecule has 1 aromatic carbocycles. The van der Waals surface area contributed by atoms with Crippen molar-refractivity contribution in [1.82, 2.24) is 4.90 Å². The van der Waals surface area contributed by atoms with E-state index in [-0.39, 0.29) is 24.4 Å². The summed E-state index contributed by atoms with van der Waals surface area (Å²) < 4.78 is 15.9. The molecule has 1 aromatic heterocycles. The van der Waals surface area contributed by atoms with Crippen LogP contribution < -0.4 is 10.4 Å². The lowest BCUT2D eigenvalue weighted by Crippen LogP contribution is -2.45. The Balaban J connectivity index is 1.63. The number of piperidine rings is 1. The number of amides is 1. The summed E-state index contributed by atoms with van der Waals surface area (Å²) in [5, 5.41) is 0.698. The van der Waals surface area contributed by atoms with Crippen molar-refractivity contribution < 1.29 is 23.5 Å². The molecule has 2 aromatic rings. The van der Waals surface area contributed by atoms with E-state index in [9.17, 15) is 14.4 Å². The van der Waals surface area contributed by atoms with Crippen molar-refractivity contribution in [2.24, 2.45) is 11.3 Å². The molecule has 1 aliphatic heterocycles. The zero-order valence-electron chi connectivity index (χ0n) is 17.3. The van der Waals surface area contributed by atoms with Crippen LogP contribution in [0.4, 0.5) is 0 Å². The summed E-state index contributed by atoms with van der Waals surface area (Å²) in [4.78, 5) is 38.5. The Morgan fingerprint density at radius 2 is 1.86 bits per heavy atom. The number of carbonyl (C=O) groups excluding carboxylic acids is 2. The van der Waals surface area contributed by atoms with Gasteiger partial charge in [-0.1, -0.05) is 20.8 Å². The molecule has 2 heterocycles. The minimum atomic E-state index is -0.509. The Labute approximate surface area is 169 Å². The van der Waals surface area contributed by atoms with Crippen molar-refractivity contribution in [2.75, 3.05) is 20.2 Å². The van der Waals surface area contributed by atoms with Gasteiger partial charge in [-0.3, -0.25) is 9.59 Å². The number of likely N-dealkylation sites (tertiary alicyclic amines) is 1. The lowest BCUT2D eigenvalue weighted by molar-refractivity contribution is -0.154. The highest BCUT2D eigenvalue weighted by molar-refractivity contribution is 5.83. The van der Waals surface area contributed by atoms with E-state index < -0.39 is 11.0 Å². The van der Waals surface area contributed by atoms with Crippen LogP contribution >= 0.6 is 0 Å². The topological polar surface area (TPSA) is 86.0 Å². The SMILES string of the molecule is COc1ccc2c(COC(=O)C3CCN(C(=O)C(C)(C)C)CC3)cc(=O)oc2c1. The van der Waals surface area contributed by atoms with E-state index in [0.29, 0.717) is 48.2 Å². The number of fused-ring (bicyclic) bond motifs is 1. The van der Waals surface area contributed by atoms with E-state index in [4.69, 9.17) is 13.9 Å². The van der Waals surface area contributed by atoms with Crippen LogP contribution in [-0.2, 0) is 20.9 Å². The standard InChI is InChI=1S/C22H27NO6/c1-22(2,3)21(26)23-9-7-14(8-10-23)20(25)28-13-15-11-19(24)29-18-12-16(27-4)5-6-17(15)18/h5-6,11-12,14H,7-10,13H2,1-4H3. The first-order valence-corrected chi connectivity index (χ1v) is 9.76. The molecule has 1 saturated heterocycles. The minimum Gasteiger partial charge on any atom is -0.497 e. The number of ether oxygens (including phenoxy) is 2. The van der Waals surface area contributed by atoms with E-state index in [0.717, 1.165) is 0 Å². The highest BCUT2D eigenvalue weighted by Gasteiger charge is 2.33. The molecule has 29 heavy (non-hydrogen) atoms. The fourth-order valence-corrected chi connectivity index (χ4v) is 3.52. The smallest absolute Gasteiger partial charge is 0.336 e. The number of methoxy groups -OCH3 is 1. The highest BCUT2D eigenvalue weighted by Crippen LogP contribution is 2.26. The van der Waals surface area contributed by atoms with Crippen molar-refractivity contribution in [2.45, 2.75) is 40.2 Å². The summed E-state index contributed by atoms with van der Waals surface area (Å²) in [6.07, 6.45) is 1.16. The molecule has 0 aliphatic carbocycles. The molecule has 0 bridgehead atoms. The first-order valence-electron chi connectivity index (χ1n) is 9.76. The fourth-order valence-electron chi connectivity index (χ4n) is 3.52. The third-order valence-electron chi connectivity index (χ3n) is 5.16. The highest BCUT2D eigenvalue weighted by atomic mass is 16.5. The summed E-state index contributed by atoms with van der Waals surface area (Å²) in [5.41, 5.74) is 0.0428. The second-order valence-corrected chi connectivity index (χ2v) is 8.38. The Kier molecular flexibility index (Phi) is 5.96. The maximum Gasteiger partial charge on any atom is 0.336 e. The van der Waals surface area contributed by atoms with Crippen molar-refractivity contribution in [1.29, 1.82) is 0 Å². The molecule has 0 atom stereocenters. The van der Waals surface area contributed by atoms with Gasteiger partial charge in [-0.15, -0.1) is 0 Å². The van der Waals surface area contributed by atoms with E-state index >= 15 is 0 Å². The van der Waals surface area contributed by atoms with Gasteiger partial charge in [0.1, 0.15) is 17.9 Å². The van der Waals surface area contributed by atoms with Crippen molar-refractivity contribution in [3.63, 3.8) is 0 Å². The largest absolute Gasteiger partial charge is 0.497 e. The van der Waals surface area contributed by atoms with Crippen LogP contribution in [0.5, 0.6) is 5.75 Å². The van der Waals surface area contributed by atoms with Crippen molar-refractivity contribution in [3.05, 3.63) is 40.2 Å². The monoisotopic (exact) mass is 401 g/mol. The Morgan fingerprint density at radius 3 is 2.48 bits per heavy atom. The number of hydrogen-bond donors (Lipinski definition) is 0. The van der Waals surface area contributed by atoms with Crippen molar-refractivity contribution >= 4 is 22.8 Å². The predicted molar refractivity (Wildman–Crippen MR) is 108 cm³/mol. The average molecular weight is 401 g/mol. The van der Waals surface area contributed by atoms with Gasteiger partial charge in [0.15, 0.2) is 0 Å². The predicted octanol–water partition coefficient (Wildman–Crippen LogP) is 3.13. The van der Waals surface area contributed by atoms with Gasteiger partial charge in [0.2, 0.25) is 5.91 Å². The van der Waals surface area contributed by atoms with Gasteiger partial charge in [0.05, 0.1) is 13.0 Å². The zero-order valence-corrected chi connectivity index (χ0v) is 17.3. The van der Waals surface area contributed by atoms with Gasteiger partial charge < -0.3 is 18.8 Å². The van der Waals surface area contributed by atoms with E-state index in [1.54, 1.807) is 18.2 Å². The van der Waals surface area contributed by atoms with E-state index in [1.807, 2.05) is 25.7 Å². The normalized spacial score (nSPS) is 15.4. The Bertz CT molecular complexity index is 963. The molecule has 0 N–H and O–H groups in total. The number of benzene rings is 1. The van der Waals surface area contributed by atoms with Crippen LogP contribution in [0.25, 0.3) is 11.0 Å². The molecule has 156 valence electrons. The number of rotatable bonds is 4. The van der Waals surface area contributed by atoms with Crippen LogP contribution in [0, 0.1) is 11.3 Å². The lowest BCUT2D eigenvalue weighted by atomic mass is 9.91. The summed E-state index contributed by atoms with van der Waals surface area (Å²) in [5.74, 6) is 0.127. The number of esters is 1. The second-order valence-electron chi connectivity index (χ2n) is 8.38. The van der Waals surface area contributed by atoms with Gasteiger partial charge in [-0.2, -0.15) is 0 Å². The molecule has 0 unspecified atom stereocenters. The van der Waals surface area contributed by atoms with Crippen LogP contribution in [0.2, 0.25) is 0 Å². The van der Waals surface area contributed by atoms with E-state index in [1.165, 1.54) is 13.2 Å². The molecule has 1 fully saturated rings. The van der Waals surface area contributed by atoms with Crippen LogP contribution in [-0.4, -0.2) is 37.0 Å². The van der Waals surface area contributed by atoms with Gasteiger partial charge in [0.25, 0.3) is 0 Å². The number of hydrogen-bond acceptors (Lipinski definition) is 6.